The number of hydrogen-bond donors (Lipinski definition) is 4. The van der Waals surface area contributed by atoms with Crippen molar-refractivity contribution in [2.75, 3.05) is 32.9 Å². The van der Waals surface area contributed by atoms with Gasteiger partial charge in [-0.1, -0.05) is 11.3 Å². The van der Waals surface area contributed by atoms with E-state index < -0.39 is 17.8 Å². The van der Waals surface area contributed by atoms with E-state index in [4.69, 9.17) is 17.2 Å². The van der Waals surface area contributed by atoms with E-state index in [1.807, 2.05) is 4.90 Å². The highest BCUT2D eigenvalue weighted by atomic mass is 32.1. The minimum absolute atomic E-state index is 0.00444. The van der Waals surface area contributed by atoms with Crippen LogP contribution in [0.3, 0.4) is 0 Å². The zero-order chi connectivity index (χ0) is 24.5. The molecule has 2 atom stereocenters. The number of aromatic nitrogens is 1. The third-order valence-corrected chi connectivity index (χ3v) is 5.95. The molecular formula is C21H28F3N7OS. The second kappa shape index (κ2) is 12.2. The number of thiazole rings is 1. The van der Waals surface area contributed by atoms with Crippen molar-refractivity contribution in [2.45, 2.75) is 25.1 Å². The summed E-state index contributed by atoms with van der Waals surface area (Å²) in [5.74, 6) is -0.415. The highest BCUT2D eigenvalue weighted by molar-refractivity contribution is 7.19. The number of anilines is 1. The minimum Gasteiger partial charge on any atom is -0.403 e. The van der Waals surface area contributed by atoms with E-state index >= 15 is 0 Å². The van der Waals surface area contributed by atoms with Crippen LogP contribution in [0.25, 0.3) is 10.6 Å². The van der Waals surface area contributed by atoms with Gasteiger partial charge >= 0.3 is 0 Å². The molecule has 2 aromatic rings. The number of halogens is 3. The van der Waals surface area contributed by atoms with Crippen LogP contribution < -0.4 is 22.5 Å². The van der Waals surface area contributed by atoms with Crippen LogP contribution in [-0.2, 0) is 0 Å². The van der Waals surface area contributed by atoms with Crippen molar-refractivity contribution in [3.63, 3.8) is 0 Å². The summed E-state index contributed by atoms with van der Waals surface area (Å²) in [5.41, 5.74) is 17.5. The maximum atomic E-state index is 13.5. The normalized spacial score (nSPS) is 19.4. The van der Waals surface area contributed by atoms with Crippen molar-refractivity contribution < 1.29 is 18.0 Å². The molecule has 1 aromatic carbocycles. The molecule has 1 aliphatic heterocycles. The van der Waals surface area contributed by atoms with Crippen molar-refractivity contribution in [1.82, 2.24) is 15.2 Å². The Balaban J connectivity index is 0.000000234. The number of alkyl halides is 1. The van der Waals surface area contributed by atoms with Gasteiger partial charge in [0.2, 0.25) is 0 Å². The fourth-order valence-electron chi connectivity index (χ4n) is 3.21. The predicted octanol–water partition coefficient (Wildman–Crippen LogP) is 2.28. The molecule has 0 aliphatic carbocycles. The molecule has 0 amide bonds. The lowest BCUT2D eigenvalue weighted by Gasteiger charge is -2.25. The second-order valence-corrected chi connectivity index (χ2v) is 8.16. The number of aliphatic imine (C=N–C) groups is 1. The lowest BCUT2D eigenvalue weighted by atomic mass is 10.1. The smallest absolute Gasteiger partial charge is 0.171 e. The highest BCUT2D eigenvalue weighted by Gasteiger charge is 2.25. The molecule has 3 rings (SSSR count). The molecule has 0 spiro atoms. The van der Waals surface area contributed by atoms with Gasteiger partial charge in [-0.25, -0.2) is 18.2 Å². The van der Waals surface area contributed by atoms with Crippen LogP contribution in [0.4, 0.5) is 18.2 Å². The topological polar surface area (TPSA) is 136 Å². The maximum Gasteiger partial charge on any atom is 0.171 e. The molecule has 1 fully saturated rings. The average Bonchev–Trinajstić information content (AvgIpc) is 3.11. The van der Waals surface area contributed by atoms with Crippen LogP contribution in [0.5, 0.6) is 0 Å². The van der Waals surface area contributed by atoms with Gasteiger partial charge in [-0.05, 0) is 31.0 Å². The summed E-state index contributed by atoms with van der Waals surface area (Å²) in [6.45, 7) is 1.31. The summed E-state index contributed by atoms with van der Waals surface area (Å²) in [6, 6.07) is 2.65. The standard InChI is InChI=1S/C11H22FN5.C10H6F2N2OS/c1-15-10(7-13)11(16-2)17-5-3-8(12)9(14)4-6-17;11-5-1-2-7(12)6(3-5)10-14-8(4-15)9(13)16-10/h7-9,15H,3-6,13-14H2,1-2H3;1-4H,13H2/b10-7+,16-11?;. The number of aldehydes is 1. The van der Waals surface area contributed by atoms with Gasteiger partial charge in [0.05, 0.1) is 5.70 Å². The number of hydrogen-bond acceptors (Lipinski definition) is 8. The molecule has 7 N–H and O–H groups in total. The molecule has 1 saturated heterocycles. The Morgan fingerprint density at radius 1 is 1.33 bits per heavy atom. The monoisotopic (exact) mass is 483 g/mol. The number of carbonyl (C=O) groups is 1. The van der Waals surface area contributed by atoms with E-state index in [0.29, 0.717) is 32.2 Å². The van der Waals surface area contributed by atoms with Crippen molar-refractivity contribution >= 4 is 28.5 Å². The summed E-state index contributed by atoms with van der Waals surface area (Å²) in [4.78, 5) is 20.6. The molecule has 33 heavy (non-hydrogen) atoms. The Hall–Kier alpha value is -3.12. The third-order valence-electron chi connectivity index (χ3n) is 5.01. The summed E-state index contributed by atoms with van der Waals surface area (Å²) in [6.07, 6.45) is 2.08. The van der Waals surface area contributed by atoms with E-state index in [1.165, 1.54) is 6.20 Å². The van der Waals surface area contributed by atoms with Crippen molar-refractivity contribution in [2.24, 2.45) is 16.5 Å². The SMILES string of the molecule is CN=C(/C(=C\N)NC)N1CCC(N)C(F)CC1.Nc1sc(-c2cc(F)ccc2F)nc1C=O. The molecular weight excluding hydrogens is 455 g/mol. The van der Waals surface area contributed by atoms with Gasteiger partial charge in [-0.15, -0.1) is 0 Å². The van der Waals surface area contributed by atoms with Crippen molar-refractivity contribution in [3.8, 4) is 10.6 Å². The average molecular weight is 484 g/mol. The minimum atomic E-state index is -0.932. The quantitative estimate of drug-likeness (QED) is 0.298. The first-order valence-corrected chi connectivity index (χ1v) is 11.0. The Kier molecular flexibility index (Phi) is 9.67. The number of carbonyl (C=O) groups excluding carboxylic acids is 1. The lowest BCUT2D eigenvalue weighted by Crippen LogP contribution is -2.37. The predicted molar refractivity (Wildman–Crippen MR) is 126 cm³/mol. The molecule has 0 bridgehead atoms. The Morgan fingerprint density at radius 2 is 2.03 bits per heavy atom. The van der Waals surface area contributed by atoms with Crippen molar-refractivity contribution in [1.29, 1.82) is 0 Å². The number of benzene rings is 1. The summed E-state index contributed by atoms with van der Waals surface area (Å²) in [7, 11) is 3.49. The van der Waals surface area contributed by atoms with Gasteiger partial charge in [0.15, 0.2) is 6.29 Å². The second-order valence-electron chi connectivity index (χ2n) is 7.13. The zero-order valence-corrected chi connectivity index (χ0v) is 19.2. The fourth-order valence-corrected chi connectivity index (χ4v) is 4.03. The van der Waals surface area contributed by atoms with Crippen LogP contribution in [0.2, 0.25) is 0 Å². The molecule has 0 saturated carbocycles. The van der Waals surface area contributed by atoms with Crippen LogP contribution in [0, 0.1) is 11.6 Å². The molecule has 12 heteroatoms. The Labute approximate surface area is 194 Å². The fraction of sp³-hybridized carbons (Fsp3) is 0.381. The number of nitrogens with one attached hydrogen (secondary N) is 1. The van der Waals surface area contributed by atoms with Gasteiger partial charge in [0.1, 0.15) is 39.3 Å². The van der Waals surface area contributed by atoms with Crippen LogP contribution in [-0.4, -0.2) is 61.4 Å². The number of likely N-dealkylation sites (N-methyl/N-ethyl adjacent to an activating group) is 1. The van der Waals surface area contributed by atoms with E-state index in [2.05, 4.69) is 15.3 Å². The number of likely N-dealkylation sites (tertiary alicyclic amines) is 1. The first-order valence-electron chi connectivity index (χ1n) is 10.1. The molecule has 1 aliphatic rings. The van der Waals surface area contributed by atoms with Gasteiger partial charge in [-0.2, -0.15) is 0 Å². The molecule has 0 radical (unpaired) electrons. The maximum absolute atomic E-state index is 13.5. The molecule has 8 nitrogen and oxygen atoms in total. The van der Waals surface area contributed by atoms with Gasteiger partial charge in [0.25, 0.3) is 0 Å². The number of nitrogen functional groups attached to an aromatic ring is 1. The molecule has 2 unspecified atom stereocenters. The third kappa shape index (κ3) is 6.68. The van der Waals surface area contributed by atoms with E-state index in [9.17, 15) is 18.0 Å². The first-order chi connectivity index (χ1) is 15.7. The van der Waals surface area contributed by atoms with Gasteiger partial charge in [0, 0.05) is 45.0 Å². The molecule has 180 valence electrons. The zero-order valence-electron chi connectivity index (χ0n) is 18.4. The Morgan fingerprint density at radius 3 is 2.61 bits per heavy atom. The summed E-state index contributed by atoms with van der Waals surface area (Å²) >= 11 is 0.944. The molecule has 2 heterocycles. The number of nitrogens with two attached hydrogens (primary N) is 3. The largest absolute Gasteiger partial charge is 0.403 e. The first kappa shape index (κ1) is 26.1. The lowest BCUT2D eigenvalue weighted by molar-refractivity contribution is 0.112. The van der Waals surface area contributed by atoms with Crippen LogP contribution in [0.1, 0.15) is 23.3 Å². The highest BCUT2D eigenvalue weighted by Crippen LogP contribution is 2.31. The molecule has 1 aromatic heterocycles. The van der Waals surface area contributed by atoms with E-state index in [0.717, 1.165) is 41.1 Å². The van der Waals surface area contributed by atoms with Crippen LogP contribution in [0.15, 0.2) is 35.1 Å². The van der Waals surface area contributed by atoms with Gasteiger partial charge in [-0.3, -0.25) is 9.79 Å². The summed E-state index contributed by atoms with van der Waals surface area (Å²) < 4.78 is 39.8. The van der Waals surface area contributed by atoms with E-state index in [1.54, 1.807) is 14.1 Å². The number of nitrogens with zero attached hydrogens (tertiary/aromatic N) is 3. The number of amidine groups is 1. The summed E-state index contributed by atoms with van der Waals surface area (Å²) in [5, 5.41) is 3.36. The van der Waals surface area contributed by atoms with Crippen LogP contribution >= 0.6 is 11.3 Å². The van der Waals surface area contributed by atoms with Gasteiger partial charge < -0.3 is 27.4 Å². The Bertz CT molecular complexity index is 1000. The number of rotatable bonds is 4. The van der Waals surface area contributed by atoms with Crippen molar-refractivity contribution in [3.05, 3.63) is 47.4 Å². The van der Waals surface area contributed by atoms with E-state index in [-0.39, 0.29) is 27.3 Å².